The molecule has 2 aliphatic heterocycles. The van der Waals surface area contributed by atoms with Crippen molar-refractivity contribution in [1.29, 1.82) is 0 Å². The van der Waals surface area contributed by atoms with Crippen molar-refractivity contribution >= 4 is 22.8 Å². The SMILES string of the molecule is [C-]#[N+]C[C@H]1CN(c2nc(OC[C@@H]3C[C@@H](F)CN3C)nc3cc(-c4cccc5c4C4CC4C5)cnc23)CCN1C(=O)C=C. The van der Waals surface area contributed by atoms with E-state index >= 15 is 0 Å². The number of ether oxygens (including phenoxy) is 1. The average molecular weight is 568 g/mol. The highest BCUT2D eigenvalue weighted by Gasteiger charge is 2.46. The zero-order chi connectivity index (χ0) is 29.0. The molecule has 4 heterocycles. The maximum atomic E-state index is 14.0. The molecule has 1 amide bonds. The number of piperazine rings is 1. The molecule has 1 aromatic carbocycles. The Balaban J connectivity index is 1.26. The molecule has 5 atom stereocenters. The van der Waals surface area contributed by atoms with Gasteiger partial charge >= 0.3 is 6.01 Å². The third-order valence-corrected chi connectivity index (χ3v) is 9.36. The first kappa shape index (κ1) is 26.8. The lowest BCUT2D eigenvalue weighted by Crippen LogP contribution is -2.56. The van der Waals surface area contributed by atoms with Crippen molar-refractivity contribution in [3.8, 4) is 17.1 Å². The highest BCUT2D eigenvalue weighted by Crippen LogP contribution is 2.58. The van der Waals surface area contributed by atoms with Crippen LogP contribution in [0, 0.1) is 12.5 Å². The number of amides is 1. The number of nitrogens with zero attached hydrogens (tertiary/aromatic N) is 7. The van der Waals surface area contributed by atoms with Crippen molar-refractivity contribution in [1.82, 2.24) is 24.8 Å². The summed E-state index contributed by atoms with van der Waals surface area (Å²) in [6.07, 6.45) is 5.17. The van der Waals surface area contributed by atoms with E-state index in [9.17, 15) is 9.18 Å². The van der Waals surface area contributed by atoms with Gasteiger partial charge in [-0.1, -0.05) is 24.8 Å². The molecule has 10 heteroatoms. The summed E-state index contributed by atoms with van der Waals surface area (Å²) in [6.45, 7) is 13.3. The molecule has 0 spiro atoms. The fraction of sp³-hybridized carbons (Fsp3) is 0.469. The third-order valence-electron chi connectivity index (χ3n) is 9.36. The molecular weight excluding hydrogens is 533 g/mol. The second-order valence-electron chi connectivity index (χ2n) is 12.0. The first-order valence-electron chi connectivity index (χ1n) is 14.7. The minimum absolute atomic E-state index is 0.0536. The number of likely N-dealkylation sites (N-methyl/N-ethyl adjacent to an activating group) is 1. The van der Waals surface area contributed by atoms with Gasteiger partial charge in [0, 0.05) is 44.0 Å². The molecule has 2 saturated heterocycles. The molecule has 0 N–H and O–H groups in total. The van der Waals surface area contributed by atoms with Gasteiger partial charge in [-0.05, 0) is 67.0 Å². The summed E-state index contributed by atoms with van der Waals surface area (Å²) in [5.41, 5.74) is 6.44. The summed E-state index contributed by atoms with van der Waals surface area (Å²) in [6, 6.07) is 8.48. The number of alkyl halides is 1. The summed E-state index contributed by atoms with van der Waals surface area (Å²) in [4.78, 5) is 36.3. The Hall–Kier alpha value is -4.10. The summed E-state index contributed by atoms with van der Waals surface area (Å²) in [5, 5.41) is 0. The minimum atomic E-state index is -0.865. The topological polar surface area (TPSA) is 79.1 Å². The van der Waals surface area contributed by atoms with Gasteiger partial charge in [0.2, 0.25) is 12.5 Å². The van der Waals surface area contributed by atoms with E-state index in [2.05, 4.69) is 40.6 Å². The van der Waals surface area contributed by atoms with Gasteiger partial charge in [-0.25, -0.2) is 11.0 Å². The normalized spacial score (nSPS) is 26.5. The Morgan fingerprint density at radius 3 is 2.90 bits per heavy atom. The van der Waals surface area contributed by atoms with Crippen LogP contribution in [-0.4, -0.2) is 95.3 Å². The molecule has 1 saturated carbocycles. The first-order chi connectivity index (χ1) is 20.4. The largest absolute Gasteiger partial charge is 0.462 e. The minimum Gasteiger partial charge on any atom is -0.462 e. The van der Waals surface area contributed by atoms with Crippen LogP contribution < -0.4 is 9.64 Å². The molecule has 0 radical (unpaired) electrons. The fourth-order valence-electron chi connectivity index (χ4n) is 7.10. The number of anilines is 1. The van der Waals surface area contributed by atoms with Gasteiger partial charge in [0.05, 0.1) is 5.52 Å². The van der Waals surface area contributed by atoms with Crippen molar-refractivity contribution in [2.75, 3.05) is 51.3 Å². The van der Waals surface area contributed by atoms with Gasteiger partial charge in [0.1, 0.15) is 24.3 Å². The molecule has 42 heavy (non-hydrogen) atoms. The van der Waals surface area contributed by atoms with E-state index in [-0.39, 0.29) is 37.2 Å². The molecule has 4 aliphatic rings. The van der Waals surface area contributed by atoms with Crippen molar-refractivity contribution in [3.63, 3.8) is 0 Å². The van der Waals surface area contributed by atoms with E-state index in [4.69, 9.17) is 26.3 Å². The molecule has 2 unspecified atom stereocenters. The quantitative estimate of drug-likeness (QED) is 0.317. The van der Waals surface area contributed by atoms with E-state index in [1.54, 1.807) is 4.90 Å². The summed E-state index contributed by atoms with van der Waals surface area (Å²) >= 11 is 0. The monoisotopic (exact) mass is 567 g/mol. The van der Waals surface area contributed by atoms with E-state index in [1.165, 1.54) is 29.2 Å². The van der Waals surface area contributed by atoms with Gasteiger partial charge in [-0.3, -0.25) is 14.7 Å². The Morgan fingerprint density at radius 2 is 2.12 bits per heavy atom. The van der Waals surface area contributed by atoms with E-state index < -0.39 is 6.17 Å². The van der Waals surface area contributed by atoms with Crippen molar-refractivity contribution in [2.24, 2.45) is 5.92 Å². The van der Waals surface area contributed by atoms with E-state index in [0.29, 0.717) is 55.4 Å². The highest BCUT2D eigenvalue weighted by molar-refractivity contribution is 5.90. The number of aromatic nitrogens is 3. The van der Waals surface area contributed by atoms with E-state index in [1.807, 2.05) is 18.1 Å². The summed E-state index contributed by atoms with van der Waals surface area (Å²) in [5.74, 6) is 1.85. The second kappa shape index (κ2) is 10.6. The molecule has 3 aromatic rings. The van der Waals surface area contributed by atoms with Gasteiger partial charge in [-0.2, -0.15) is 9.97 Å². The zero-order valence-corrected chi connectivity index (χ0v) is 23.7. The van der Waals surface area contributed by atoms with Crippen LogP contribution in [0.2, 0.25) is 0 Å². The number of fused-ring (bicyclic) bond motifs is 4. The molecule has 0 bridgehead atoms. The summed E-state index contributed by atoms with van der Waals surface area (Å²) < 4.78 is 20.1. The number of halogens is 1. The van der Waals surface area contributed by atoms with Crippen molar-refractivity contribution in [2.45, 2.75) is 43.4 Å². The number of hydrogen-bond acceptors (Lipinski definition) is 7. The predicted molar refractivity (Wildman–Crippen MR) is 158 cm³/mol. The van der Waals surface area contributed by atoms with Crippen molar-refractivity contribution < 1.29 is 13.9 Å². The Bertz CT molecular complexity index is 1610. The van der Waals surface area contributed by atoms with Crippen LogP contribution >= 0.6 is 0 Å². The lowest BCUT2D eigenvalue weighted by atomic mass is 9.95. The number of carbonyl (C=O) groups is 1. The Morgan fingerprint density at radius 1 is 1.24 bits per heavy atom. The lowest BCUT2D eigenvalue weighted by Gasteiger charge is -2.39. The van der Waals surface area contributed by atoms with Crippen LogP contribution in [0.3, 0.4) is 0 Å². The predicted octanol–water partition coefficient (Wildman–Crippen LogP) is 3.89. The van der Waals surface area contributed by atoms with Gasteiger partial charge in [0.15, 0.2) is 5.82 Å². The first-order valence-corrected chi connectivity index (χ1v) is 14.7. The maximum absolute atomic E-state index is 14.0. The molecule has 2 aliphatic carbocycles. The number of likely N-dealkylation sites (tertiary alicyclic amines) is 1. The van der Waals surface area contributed by atoms with Crippen LogP contribution in [0.15, 0.2) is 43.1 Å². The Kier molecular flexibility index (Phi) is 6.77. The lowest BCUT2D eigenvalue weighted by molar-refractivity contribution is -0.128. The van der Waals surface area contributed by atoms with Crippen LogP contribution in [0.1, 0.15) is 29.9 Å². The molecule has 7 rings (SSSR count). The van der Waals surface area contributed by atoms with Gasteiger partial charge < -0.3 is 19.4 Å². The molecule has 216 valence electrons. The molecule has 3 fully saturated rings. The Labute approximate surface area is 244 Å². The average Bonchev–Trinajstić information content (AvgIpc) is 3.54. The molecule has 2 aromatic heterocycles. The molecular formula is C32H34FN7O2. The van der Waals surface area contributed by atoms with Crippen LogP contribution in [-0.2, 0) is 11.2 Å². The van der Waals surface area contributed by atoms with Crippen LogP contribution in [0.4, 0.5) is 10.2 Å². The smallest absolute Gasteiger partial charge is 0.319 e. The summed E-state index contributed by atoms with van der Waals surface area (Å²) in [7, 11) is 1.90. The number of hydrogen-bond donors (Lipinski definition) is 0. The third kappa shape index (κ3) is 4.75. The fourth-order valence-corrected chi connectivity index (χ4v) is 7.10. The number of benzene rings is 1. The number of carbonyl (C=O) groups excluding carboxylic acids is 1. The van der Waals surface area contributed by atoms with Crippen molar-refractivity contribution in [3.05, 3.63) is 65.7 Å². The van der Waals surface area contributed by atoms with Crippen LogP contribution in [0.5, 0.6) is 6.01 Å². The standard InChI is InChI=1S/C32H34FN7O2/c1-4-28(41)40-9-8-39(17-24(40)15-34-2)31-30-27(36-32(37-31)42-18-23-13-22(33)16-38(23)3)12-21(14-35-30)25-7-5-6-19-10-20-11-26(20)29(19)25/h4-7,12,14,20,22-24,26H,1,8-11,13,15-18H2,3H3/t20?,22-,23+,24+,26?/m1/s1. The second-order valence-corrected chi connectivity index (χ2v) is 12.0. The zero-order valence-electron chi connectivity index (χ0n) is 23.7. The highest BCUT2D eigenvalue weighted by atomic mass is 19.1. The van der Waals surface area contributed by atoms with Gasteiger partial charge in [-0.15, -0.1) is 0 Å². The molecule has 9 nitrogen and oxygen atoms in total. The number of rotatable bonds is 7. The van der Waals surface area contributed by atoms with Crippen LogP contribution in [0.25, 0.3) is 27.0 Å². The van der Waals surface area contributed by atoms with E-state index in [0.717, 1.165) is 17.9 Å². The maximum Gasteiger partial charge on any atom is 0.319 e. The number of pyridine rings is 1. The van der Waals surface area contributed by atoms with Gasteiger partial charge in [0.25, 0.3) is 0 Å².